The maximum absolute atomic E-state index is 15.0. The van der Waals surface area contributed by atoms with Gasteiger partial charge in [0.1, 0.15) is 11.6 Å². The quantitative estimate of drug-likeness (QED) is 0.454. The van der Waals surface area contributed by atoms with E-state index in [1.165, 1.54) is 17.0 Å². The van der Waals surface area contributed by atoms with E-state index >= 15 is 0 Å². The maximum atomic E-state index is 15.0. The van der Waals surface area contributed by atoms with Crippen molar-refractivity contribution in [2.24, 2.45) is 0 Å². The van der Waals surface area contributed by atoms with Crippen molar-refractivity contribution in [3.8, 4) is 11.1 Å². The molecule has 5 nitrogen and oxygen atoms in total. The van der Waals surface area contributed by atoms with Gasteiger partial charge in [0.2, 0.25) is 0 Å². The van der Waals surface area contributed by atoms with Gasteiger partial charge in [-0.15, -0.1) is 0 Å². The second kappa shape index (κ2) is 9.06. The second-order valence-corrected chi connectivity index (χ2v) is 9.24. The Morgan fingerprint density at radius 3 is 2.50 bits per heavy atom. The van der Waals surface area contributed by atoms with Crippen LogP contribution >= 0.6 is 23.2 Å². The number of benzene rings is 3. The normalized spacial score (nSPS) is 18.0. The highest BCUT2D eigenvalue weighted by Crippen LogP contribution is 2.45. The first-order valence-electron chi connectivity index (χ1n) is 11.0. The summed E-state index contributed by atoms with van der Waals surface area (Å²) in [6.07, 6.45) is 0. The number of hydrogen-bond donors (Lipinski definition) is 2. The van der Waals surface area contributed by atoms with Crippen LogP contribution in [0.3, 0.4) is 0 Å². The van der Waals surface area contributed by atoms with E-state index in [4.69, 9.17) is 23.2 Å². The topological polar surface area (TPSA) is 47.6 Å². The molecule has 0 spiro atoms. The Morgan fingerprint density at radius 1 is 1.03 bits per heavy atom. The number of nitrogens with zero attached hydrogens (tertiary/aromatic N) is 2. The average molecular weight is 503 g/mol. The van der Waals surface area contributed by atoms with Crippen LogP contribution in [0.2, 0.25) is 10.0 Å². The molecule has 2 amide bonds. The molecule has 2 aliphatic rings. The van der Waals surface area contributed by atoms with E-state index in [0.29, 0.717) is 32.5 Å². The van der Waals surface area contributed by atoms with Crippen molar-refractivity contribution in [3.63, 3.8) is 0 Å². The Hall–Kier alpha value is -2.87. The third kappa shape index (κ3) is 3.98. The van der Waals surface area contributed by atoms with E-state index in [1.54, 1.807) is 18.2 Å². The molecule has 0 bridgehead atoms. The smallest absolute Gasteiger partial charge is 0.326 e. The third-order valence-corrected chi connectivity index (χ3v) is 6.90. The van der Waals surface area contributed by atoms with Crippen molar-refractivity contribution < 1.29 is 13.6 Å². The van der Waals surface area contributed by atoms with Crippen molar-refractivity contribution >= 4 is 46.3 Å². The second-order valence-electron chi connectivity index (χ2n) is 8.43. The van der Waals surface area contributed by atoms with Crippen LogP contribution < -0.4 is 20.4 Å². The van der Waals surface area contributed by atoms with E-state index in [9.17, 15) is 13.6 Å². The molecule has 34 heavy (non-hydrogen) atoms. The fourth-order valence-corrected chi connectivity index (χ4v) is 5.21. The number of para-hydroxylation sites is 1. The van der Waals surface area contributed by atoms with Crippen molar-refractivity contribution in [3.05, 3.63) is 75.8 Å². The largest absolute Gasteiger partial charge is 0.366 e. The Kier molecular flexibility index (Phi) is 6.10. The highest BCUT2D eigenvalue weighted by atomic mass is 35.5. The van der Waals surface area contributed by atoms with Gasteiger partial charge in [-0.25, -0.2) is 13.6 Å². The van der Waals surface area contributed by atoms with Crippen LogP contribution in [0.5, 0.6) is 0 Å². The van der Waals surface area contributed by atoms with Crippen LogP contribution in [0.1, 0.15) is 12.5 Å². The predicted octanol–water partition coefficient (Wildman–Crippen LogP) is 6.10. The van der Waals surface area contributed by atoms with Crippen LogP contribution in [0.4, 0.5) is 30.6 Å². The van der Waals surface area contributed by atoms with Crippen LogP contribution in [-0.2, 0) is 6.54 Å². The predicted molar refractivity (Wildman–Crippen MR) is 132 cm³/mol. The summed E-state index contributed by atoms with van der Waals surface area (Å²) in [6, 6.07) is 12.2. The molecule has 3 aromatic carbocycles. The van der Waals surface area contributed by atoms with Gasteiger partial charge >= 0.3 is 6.03 Å². The summed E-state index contributed by atoms with van der Waals surface area (Å²) in [7, 11) is 0. The summed E-state index contributed by atoms with van der Waals surface area (Å²) in [4.78, 5) is 16.8. The molecule has 1 unspecified atom stereocenters. The lowest BCUT2D eigenvalue weighted by Crippen LogP contribution is -2.50. The van der Waals surface area contributed by atoms with Crippen molar-refractivity contribution in [2.75, 3.05) is 29.4 Å². The fraction of sp³-hybridized carbons (Fsp3) is 0.240. The summed E-state index contributed by atoms with van der Waals surface area (Å²) in [5, 5.41) is 6.82. The van der Waals surface area contributed by atoms with Crippen LogP contribution in [0.25, 0.3) is 11.1 Å². The molecule has 2 aliphatic heterocycles. The molecule has 0 aromatic heterocycles. The number of carbonyl (C=O) groups excluding carboxylic acids is 1. The summed E-state index contributed by atoms with van der Waals surface area (Å²) in [5.74, 6) is -1.33. The summed E-state index contributed by atoms with van der Waals surface area (Å²) >= 11 is 13.0. The lowest BCUT2D eigenvalue weighted by atomic mass is 9.94. The molecule has 0 aliphatic carbocycles. The molecule has 1 fully saturated rings. The number of piperazine rings is 1. The SMILES string of the molecule is CC1CNCCN1c1cc(-c2ccc(F)cc2F)c2c(c1)N(c1c(Cl)cccc1Cl)C(=O)NC2. The fourth-order valence-electron chi connectivity index (χ4n) is 4.64. The molecule has 5 rings (SSSR count). The molecule has 3 aromatic rings. The lowest BCUT2D eigenvalue weighted by Gasteiger charge is -2.38. The molecule has 176 valence electrons. The van der Waals surface area contributed by atoms with E-state index in [-0.39, 0.29) is 18.2 Å². The number of hydrogen-bond acceptors (Lipinski definition) is 3. The van der Waals surface area contributed by atoms with Crippen LogP contribution in [0, 0.1) is 11.6 Å². The zero-order valence-electron chi connectivity index (χ0n) is 18.3. The van der Waals surface area contributed by atoms with Crippen molar-refractivity contribution in [1.82, 2.24) is 10.6 Å². The standard InChI is InChI=1S/C25H22Cl2F2N4O/c1-14-12-30-7-8-32(14)16-10-18(17-6-5-15(28)9-22(17)29)19-13-31-25(34)33(23(19)11-16)24-20(26)3-2-4-21(24)27/h2-6,9-11,14,30H,7-8,12-13H2,1H3,(H,31,34). The minimum Gasteiger partial charge on any atom is -0.366 e. The number of anilines is 3. The summed E-state index contributed by atoms with van der Waals surface area (Å²) in [5.41, 5.74) is 3.25. The van der Waals surface area contributed by atoms with Gasteiger partial charge in [-0.3, -0.25) is 4.90 Å². The Labute approximate surface area is 206 Å². The van der Waals surface area contributed by atoms with Gasteiger partial charge in [-0.2, -0.15) is 0 Å². The first kappa shape index (κ1) is 22.9. The summed E-state index contributed by atoms with van der Waals surface area (Å²) < 4.78 is 28.7. The van der Waals surface area contributed by atoms with E-state index < -0.39 is 17.7 Å². The Bertz CT molecular complexity index is 1270. The van der Waals surface area contributed by atoms with Crippen molar-refractivity contribution in [2.45, 2.75) is 19.5 Å². The molecule has 0 saturated carbocycles. The number of amides is 2. The van der Waals surface area contributed by atoms with Gasteiger partial charge in [0, 0.05) is 55.1 Å². The van der Waals surface area contributed by atoms with Crippen LogP contribution in [-0.4, -0.2) is 31.7 Å². The molecule has 0 radical (unpaired) electrons. The molecule has 2 heterocycles. The molecule has 9 heteroatoms. The number of urea groups is 1. The molecule has 2 N–H and O–H groups in total. The van der Waals surface area contributed by atoms with Gasteiger partial charge in [0.25, 0.3) is 0 Å². The highest BCUT2D eigenvalue weighted by Gasteiger charge is 2.32. The minimum atomic E-state index is -0.674. The number of rotatable bonds is 3. The van der Waals surface area contributed by atoms with Gasteiger partial charge in [0.15, 0.2) is 0 Å². The number of halogens is 4. The first-order chi connectivity index (χ1) is 16.3. The number of carbonyl (C=O) groups is 1. The molecule has 1 saturated heterocycles. The van der Waals surface area contributed by atoms with Crippen LogP contribution in [0.15, 0.2) is 48.5 Å². The zero-order chi connectivity index (χ0) is 24.0. The Morgan fingerprint density at radius 2 is 1.79 bits per heavy atom. The molecular formula is C25H22Cl2F2N4O. The first-order valence-corrected chi connectivity index (χ1v) is 11.7. The molecule has 1 atom stereocenters. The highest BCUT2D eigenvalue weighted by molar-refractivity contribution is 6.40. The molecular weight excluding hydrogens is 481 g/mol. The van der Waals surface area contributed by atoms with E-state index in [2.05, 4.69) is 22.5 Å². The lowest BCUT2D eigenvalue weighted by molar-refractivity contribution is 0.247. The van der Waals surface area contributed by atoms with Gasteiger partial charge in [-0.1, -0.05) is 29.3 Å². The Balaban J connectivity index is 1.78. The van der Waals surface area contributed by atoms with Gasteiger partial charge in [0.05, 0.1) is 21.4 Å². The van der Waals surface area contributed by atoms with Gasteiger partial charge in [-0.05, 0) is 48.9 Å². The zero-order valence-corrected chi connectivity index (χ0v) is 19.9. The third-order valence-electron chi connectivity index (χ3n) is 6.29. The van der Waals surface area contributed by atoms with Gasteiger partial charge < -0.3 is 15.5 Å². The monoisotopic (exact) mass is 502 g/mol. The maximum Gasteiger partial charge on any atom is 0.326 e. The number of nitrogens with one attached hydrogen (secondary N) is 2. The van der Waals surface area contributed by atoms with E-state index in [1.807, 2.05) is 12.1 Å². The van der Waals surface area contributed by atoms with Crippen molar-refractivity contribution in [1.29, 1.82) is 0 Å². The minimum absolute atomic E-state index is 0.174. The number of fused-ring (bicyclic) bond motifs is 1. The van der Waals surface area contributed by atoms with E-state index in [0.717, 1.165) is 31.4 Å². The average Bonchev–Trinajstić information content (AvgIpc) is 2.80. The summed E-state index contributed by atoms with van der Waals surface area (Å²) in [6.45, 7) is 4.60.